The summed E-state index contributed by atoms with van der Waals surface area (Å²) in [6.07, 6.45) is 1.88. The van der Waals surface area contributed by atoms with E-state index < -0.39 is 0 Å². The van der Waals surface area contributed by atoms with Gasteiger partial charge in [-0.05, 0) is 30.5 Å². The number of alkyl halides is 1. The van der Waals surface area contributed by atoms with Gasteiger partial charge in [0.05, 0.1) is 14.2 Å². The number of benzene rings is 1. The van der Waals surface area contributed by atoms with Crippen LogP contribution in [-0.4, -0.2) is 35.1 Å². The fraction of sp³-hybridized carbons (Fsp3) is 0.357. The zero-order valence-electron chi connectivity index (χ0n) is 12.0. The van der Waals surface area contributed by atoms with Crippen molar-refractivity contribution in [3.8, 4) is 12.0 Å². The van der Waals surface area contributed by atoms with Crippen LogP contribution >= 0.6 is 11.6 Å². The van der Waals surface area contributed by atoms with Gasteiger partial charge < -0.3 is 14.8 Å². The fourth-order valence-electron chi connectivity index (χ4n) is 1.78. The number of nitrogens with zero attached hydrogens (tertiary/aromatic N) is 3. The summed E-state index contributed by atoms with van der Waals surface area (Å²) in [6, 6.07) is 8.40. The van der Waals surface area contributed by atoms with Gasteiger partial charge in [-0.3, -0.25) is 0 Å². The van der Waals surface area contributed by atoms with Gasteiger partial charge in [-0.15, -0.1) is 16.6 Å². The maximum atomic E-state index is 5.72. The Morgan fingerprint density at radius 1 is 1.10 bits per heavy atom. The molecule has 0 bridgehead atoms. The van der Waals surface area contributed by atoms with Crippen LogP contribution in [0.5, 0.6) is 12.0 Å². The molecule has 1 heterocycles. The standard InChI is InChI=1S/C14H17ClN4O2/c1-20-13-17-12(18-14(19-13)21-2)16-11-7-3-5-10(9-11)6-4-8-15/h3,5,7,9H,4,6,8H2,1-2H3,(H,16,17,18,19). The highest BCUT2D eigenvalue weighted by Gasteiger charge is 2.07. The quantitative estimate of drug-likeness (QED) is 0.793. The molecule has 0 aliphatic rings. The van der Waals surface area contributed by atoms with E-state index in [1.807, 2.05) is 18.2 Å². The number of hydrogen-bond donors (Lipinski definition) is 1. The van der Waals surface area contributed by atoms with Crippen molar-refractivity contribution in [1.29, 1.82) is 0 Å². The molecule has 1 N–H and O–H groups in total. The number of ether oxygens (including phenoxy) is 2. The van der Waals surface area contributed by atoms with Gasteiger partial charge in [0.15, 0.2) is 0 Å². The van der Waals surface area contributed by atoms with Crippen LogP contribution in [0.3, 0.4) is 0 Å². The number of aryl methyl sites for hydroxylation is 1. The zero-order chi connectivity index (χ0) is 15.1. The topological polar surface area (TPSA) is 69.2 Å². The smallest absolute Gasteiger partial charge is 0.324 e. The van der Waals surface area contributed by atoms with Gasteiger partial charge in [0.25, 0.3) is 0 Å². The Balaban J connectivity index is 2.17. The van der Waals surface area contributed by atoms with E-state index in [-0.39, 0.29) is 12.0 Å². The van der Waals surface area contributed by atoms with Crippen LogP contribution in [0.2, 0.25) is 0 Å². The molecule has 0 saturated carbocycles. The lowest BCUT2D eigenvalue weighted by Gasteiger charge is -2.08. The average molecular weight is 309 g/mol. The number of anilines is 2. The average Bonchev–Trinajstić information content (AvgIpc) is 2.52. The molecule has 0 amide bonds. The van der Waals surface area contributed by atoms with E-state index in [0.29, 0.717) is 11.8 Å². The van der Waals surface area contributed by atoms with E-state index in [0.717, 1.165) is 18.5 Å². The number of nitrogens with one attached hydrogen (secondary N) is 1. The van der Waals surface area contributed by atoms with Gasteiger partial charge in [-0.2, -0.15) is 9.97 Å². The second-order valence-electron chi connectivity index (χ2n) is 4.25. The highest BCUT2D eigenvalue weighted by molar-refractivity contribution is 6.17. The molecule has 0 aliphatic carbocycles. The third kappa shape index (κ3) is 4.46. The second kappa shape index (κ2) is 7.64. The molecule has 6 nitrogen and oxygen atoms in total. The summed E-state index contributed by atoms with van der Waals surface area (Å²) in [5.74, 6) is 1.02. The van der Waals surface area contributed by atoms with Crippen molar-refractivity contribution in [1.82, 2.24) is 15.0 Å². The molecule has 2 rings (SSSR count). The molecule has 21 heavy (non-hydrogen) atoms. The molecule has 7 heteroatoms. The Morgan fingerprint density at radius 3 is 2.43 bits per heavy atom. The summed E-state index contributed by atoms with van der Waals surface area (Å²) in [5, 5.41) is 3.11. The Morgan fingerprint density at radius 2 is 1.81 bits per heavy atom. The lowest BCUT2D eigenvalue weighted by Crippen LogP contribution is -2.04. The molecule has 2 aromatic rings. The van der Waals surface area contributed by atoms with Gasteiger partial charge in [-0.1, -0.05) is 12.1 Å². The highest BCUT2D eigenvalue weighted by atomic mass is 35.5. The first kappa shape index (κ1) is 15.3. The molecule has 0 radical (unpaired) electrons. The van der Waals surface area contributed by atoms with Crippen LogP contribution in [0.4, 0.5) is 11.6 Å². The largest absolute Gasteiger partial charge is 0.467 e. The van der Waals surface area contributed by atoms with Gasteiger partial charge >= 0.3 is 12.0 Å². The van der Waals surface area contributed by atoms with Crippen LogP contribution in [0.25, 0.3) is 0 Å². The second-order valence-corrected chi connectivity index (χ2v) is 4.63. The molecular formula is C14H17ClN4O2. The number of hydrogen-bond acceptors (Lipinski definition) is 6. The first-order chi connectivity index (χ1) is 10.2. The van der Waals surface area contributed by atoms with E-state index in [9.17, 15) is 0 Å². The zero-order valence-corrected chi connectivity index (χ0v) is 12.7. The lowest BCUT2D eigenvalue weighted by atomic mass is 10.1. The molecule has 0 unspecified atom stereocenters. The van der Waals surface area contributed by atoms with Crippen LogP contribution < -0.4 is 14.8 Å². The summed E-state index contributed by atoms with van der Waals surface area (Å²) < 4.78 is 10.0. The number of halogens is 1. The molecule has 0 spiro atoms. The van der Waals surface area contributed by atoms with E-state index in [1.165, 1.54) is 19.8 Å². The minimum Gasteiger partial charge on any atom is -0.467 e. The minimum atomic E-state index is 0.197. The van der Waals surface area contributed by atoms with Crippen LogP contribution in [0.15, 0.2) is 24.3 Å². The van der Waals surface area contributed by atoms with E-state index in [1.54, 1.807) is 0 Å². The SMILES string of the molecule is COc1nc(Nc2cccc(CCCCl)c2)nc(OC)n1. The first-order valence-electron chi connectivity index (χ1n) is 6.51. The van der Waals surface area contributed by atoms with Gasteiger partial charge in [-0.25, -0.2) is 0 Å². The van der Waals surface area contributed by atoms with E-state index >= 15 is 0 Å². The summed E-state index contributed by atoms with van der Waals surface area (Å²) in [7, 11) is 2.98. The fourth-order valence-corrected chi connectivity index (χ4v) is 1.91. The molecule has 0 atom stereocenters. The molecule has 0 saturated heterocycles. The van der Waals surface area contributed by atoms with Crippen molar-refractivity contribution in [3.63, 3.8) is 0 Å². The molecule has 1 aromatic carbocycles. The minimum absolute atomic E-state index is 0.197. The number of rotatable bonds is 7. The summed E-state index contributed by atoms with van der Waals surface area (Å²) in [5.41, 5.74) is 2.09. The van der Waals surface area contributed by atoms with Gasteiger partial charge in [0, 0.05) is 11.6 Å². The van der Waals surface area contributed by atoms with E-state index in [2.05, 4.69) is 26.3 Å². The molecule has 0 aliphatic heterocycles. The Bertz CT molecular complexity index is 573. The summed E-state index contributed by atoms with van der Waals surface area (Å²) in [6.45, 7) is 0. The predicted molar refractivity (Wildman–Crippen MR) is 81.7 cm³/mol. The van der Waals surface area contributed by atoms with Crippen molar-refractivity contribution in [2.45, 2.75) is 12.8 Å². The Labute approximate surface area is 128 Å². The monoisotopic (exact) mass is 308 g/mol. The molecular weight excluding hydrogens is 292 g/mol. The van der Waals surface area contributed by atoms with Crippen LogP contribution in [-0.2, 0) is 6.42 Å². The predicted octanol–water partition coefficient (Wildman–Crippen LogP) is 2.80. The van der Waals surface area contributed by atoms with Crippen molar-refractivity contribution in [3.05, 3.63) is 29.8 Å². The Kier molecular flexibility index (Phi) is 5.57. The van der Waals surface area contributed by atoms with E-state index in [4.69, 9.17) is 21.1 Å². The normalized spacial score (nSPS) is 10.2. The van der Waals surface area contributed by atoms with Crippen LogP contribution in [0, 0.1) is 0 Å². The maximum Gasteiger partial charge on any atom is 0.324 e. The van der Waals surface area contributed by atoms with Crippen molar-refractivity contribution >= 4 is 23.2 Å². The van der Waals surface area contributed by atoms with Crippen molar-refractivity contribution < 1.29 is 9.47 Å². The highest BCUT2D eigenvalue weighted by Crippen LogP contribution is 2.19. The Hall–Kier alpha value is -2.08. The molecule has 0 fully saturated rings. The third-order valence-corrected chi connectivity index (χ3v) is 3.01. The third-order valence-electron chi connectivity index (χ3n) is 2.74. The molecule has 112 valence electrons. The summed E-state index contributed by atoms with van der Waals surface area (Å²) in [4.78, 5) is 12.2. The molecule has 1 aromatic heterocycles. The first-order valence-corrected chi connectivity index (χ1v) is 7.04. The summed E-state index contributed by atoms with van der Waals surface area (Å²) >= 11 is 5.72. The van der Waals surface area contributed by atoms with Crippen molar-refractivity contribution in [2.75, 3.05) is 25.4 Å². The maximum absolute atomic E-state index is 5.72. The van der Waals surface area contributed by atoms with Crippen molar-refractivity contribution in [2.24, 2.45) is 0 Å². The number of methoxy groups -OCH3 is 2. The van der Waals surface area contributed by atoms with Gasteiger partial charge in [0.2, 0.25) is 5.95 Å². The van der Waals surface area contributed by atoms with Crippen LogP contribution in [0.1, 0.15) is 12.0 Å². The lowest BCUT2D eigenvalue weighted by molar-refractivity contribution is 0.341. The van der Waals surface area contributed by atoms with Gasteiger partial charge in [0.1, 0.15) is 0 Å². The number of aromatic nitrogens is 3.